The van der Waals surface area contributed by atoms with E-state index in [4.69, 9.17) is 5.26 Å². The first-order chi connectivity index (χ1) is 7.70. The molecule has 0 aliphatic rings. The summed E-state index contributed by atoms with van der Waals surface area (Å²) < 4.78 is 1.06. The maximum atomic E-state index is 8.68. The Bertz CT molecular complexity index is 537. The van der Waals surface area contributed by atoms with Crippen molar-refractivity contribution >= 4 is 27.3 Å². The summed E-state index contributed by atoms with van der Waals surface area (Å²) in [6.07, 6.45) is 0.444. The standard InChI is InChI=1S/C12H9BrN2S/c1-8-11(6-7-14)16-12(15-8)9-2-4-10(13)5-3-9/h2-5H,6H2,1H3. The summed E-state index contributed by atoms with van der Waals surface area (Å²) in [7, 11) is 0. The largest absolute Gasteiger partial charge is 0.241 e. The molecule has 16 heavy (non-hydrogen) atoms. The maximum Gasteiger partial charge on any atom is 0.123 e. The van der Waals surface area contributed by atoms with E-state index in [1.54, 1.807) is 11.3 Å². The quantitative estimate of drug-likeness (QED) is 0.840. The van der Waals surface area contributed by atoms with Gasteiger partial charge in [0.15, 0.2) is 0 Å². The van der Waals surface area contributed by atoms with E-state index in [1.165, 1.54) is 0 Å². The molecule has 0 bridgehead atoms. The van der Waals surface area contributed by atoms with Crippen LogP contribution in [0.1, 0.15) is 10.6 Å². The summed E-state index contributed by atoms with van der Waals surface area (Å²) in [6.45, 7) is 1.95. The highest BCUT2D eigenvalue weighted by atomic mass is 79.9. The van der Waals surface area contributed by atoms with Crippen LogP contribution in [0.15, 0.2) is 28.7 Å². The molecule has 2 rings (SSSR count). The Morgan fingerprint density at radius 3 is 2.69 bits per heavy atom. The van der Waals surface area contributed by atoms with Crippen LogP contribution in [0.2, 0.25) is 0 Å². The van der Waals surface area contributed by atoms with Crippen molar-refractivity contribution in [2.75, 3.05) is 0 Å². The SMILES string of the molecule is Cc1nc(-c2ccc(Br)cc2)sc1CC#N. The molecule has 4 heteroatoms. The van der Waals surface area contributed by atoms with Crippen molar-refractivity contribution in [1.29, 1.82) is 5.26 Å². The predicted molar refractivity (Wildman–Crippen MR) is 69.3 cm³/mol. The molecule has 1 heterocycles. The predicted octanol–water partition coefficient (Wildman–Crippen LogP) is 3.95. The average Bonchev–Trinajstić information content (AvgIpc) is 2.62. The van der Waals surface area contributed by atoms with Crippen LogP contribution in [0.5, 0.6) is 0 Å². The number of hydrogen-bond donors (Lipinski definition) is 0. The van der Waals surface area contributed by atoms with E-state index in [0.717, 1.165) is 25.6 Å². The van der Waals surface area contributed by atoms with Gasteiger partial charge < -0.3 is 0 Å². The molecule has 0 unspecified atom stereocenters. The average molecular weight is 293 g/mol. The van der Waals surface area contributed by atoms with Gasteiger partial charge in [-0.2, -0.15) is 5.26 Å². The molecule has 2 nitrogen and oxygen atoms in total. The third kappa shape index (κ3) is 2.31. The molecule has 0 saturated heterocycles. The molecule has 1 aromatic heterocycles. The lowest BCUT2D eigenvalue weighted by Crippen LogP contribution is -1.80. The van der Waals surface area contributed by atoms with Gasteiger partial charge in [0, 0.05) is 14.9 Å². The van der Waals surface area contributed by atoms with E-state index in [1.807, 2.05) is 31.2 Å². The highest BCUT2D eigenvalue weighted by Gasteiger charge is 2.08. The third-order valence-corrected chi connectivity index (χ3v) is 3.96. The number of thiazole rings is 1. The zero-order valence-electron chi connectivity index (χ0n) is 8.70. The van der Waals surface area contributed by atoms with E-state index in [2.05, 4.69) is 27.0 Å². The van der Waals surface area contributed by atoms with E-state index >= 15 is 0 Å². The molecule has 0 N–H and O–H groups in total. The smallest absolute Gasteiger partial charge is 0.123 e. The molecule has 0 radical (unpaired) electrons. The van der Waals surface area contributed by atoms with Crippen LogP contribution < -0.4 is 0 Å². The Hall–Kier alpha value is -1.18. The van der Waals surface area contributed by atoms with Crippen molar-refractivity contribution in [3.8, 4) is 16.6 Å². The second kappa shape index (κ2) is 4.77. The third-order valence-electron chi connectivity index (χ3n) is 2.22. The summed E-state index contributed by atoms with van der Waals surface area (Å²) in [5, 5.41) is 9.66. The number of benzene rings is 1. The molecule has 0 amide bonds. The monoisotopic (exact) mass is 292 g/mol. The van der Waals surface area contributed by atoms with Crippen LogP contribution in [0.4, 0.5) is 0 Å². The van der Waals surface area contributed by atoms with E-state index in [9.17, 15) is 0 Å². The van der Waals surface area contributed by atoms with Crippen molar-refractivity contribution in [2.45, 2.75) is 13.3 Å². The zero-order chi connectivity index (χ0) is 11.5. The van der Waals surface area contributed by atoms with Crippen molar-refractivity contribution < 1.29 is 0 Å². The van der Waals surface area contributed by atoms with Gasteiger partial charge in [0.25, 0.3) is 0 Å². The minimum atomic E-state index is 0.444. The van der Waals surface area contributed by atoms with Crippen LogP contribution >= 0.6 is 27.3 Å². The van der Waals surface area contributed by atoms with E-state index < -0.39 is 0 Å². The minimum Gasteiger partial charge on any atom is -0.241 e. The van der Waals surface area contributed by atoms with Crippen LogP contribution in [-0.4, -0.2) is 4.98 Å². The lowest BCUT2D eigenvalue weighted by molar-refractivity contribution is 1.18. The van der Waals surface area contributed by atoms with Gasteiger partial charge in [-0.15, -0.1) is 11.3 Å². The number of nitriles is 1. The van der Waals surface area contributed by atoms with Crippen LogP contribution in [-0.2, 0) is 6.42 Å². The number of rotatable bonds is 2. The lowest BCUT2D eigenvalue weighted by Gasteiger charge is -1.95. The molecule has 0 fully saturated rings. The Balaban J connectivity index is 2.38. The van der Waals surface area contributed by atoms with Crippen molar-refractivity contribution in [3.63, 3.8) is 0 Å². The van der Waals surface area contributed by atoms with Gasteiger partial charge in [0.05, 0.1) is 18.2 Å². The van der Waals surface area contributed by atoms with Gasteiger partial charge >= 0.3 is 0 Å². The van der Waals surface area contributed by atoms with Gasteiger partial charge in [-0.05, 0) is 19.1 Å². The Kier molecular flexibility index (Phi) is 3.37. The lowest BCUT2D eigenvalue weighted by atomic mass is 10.2. The summed E-state index contributed by atoms with van der Waals surface area (Å²) in [4.78, 5) is 5.54. The minimum absolute atomic E-state index is 0.444. The summed E-state index contributed by atoms with van der Waals surface area (Å²) in [6, 6.07) is 10.2. The second-order valence-corrected chi connectivity index (χ2v) is 5.37. The van der Waals surface area contributed by atoms with E-state index in [0.29, 0.717) is 6.42 Å². The molecular formula is C12H9BrN2S. The molecule has 80 valence electrons. The zero-order valence-corrected chi connectivity index (χ0v) is 11.1. The number of hydrogen-bond acceptors (Lipinski definition) is 3. The Labute approximate surface area is 107 Å². The molecule has 2 aromatic rings. The first kappa shape index (κ1) is 11.3. The fraction of sp³-hybridized carbons (Fsp3) is 0.167. The van der Waals surface area contributed by atoms with Crippen molar-refractivity contribution in [2.24, 2.45) is 0 Å². The van der Waals surface area contributed by atoms with Crippen LogP contribution in [0.3, 0.4) is 0 Å². The number of nitrogens with zero attached hydrogens (tertiary/aromatic N) is 2. The fourth-order valence-corrected chi connectivity index (χ4v) is 2.64. The first-order valence-corrected chi connectivity index (χ1v) is 6.41. The van der Waals surface area contributed by atoms with Crippen LogP contribution in [0, 0.1) is 18.3 Å². The molecule has 0 atom stereocenters. The van der Waals surface area contributed by atoms with Gasteiger partial charge in [0.1, 0.15) is 5.01 Å². The normalized spacial score (nSPS) is 10.1. The molecule has 0 aliphatic carbocycles. The molecule has 1 aromatic carbocycles. The number of aryl methyl sites for hydroxylation is 1. The fourth-order valence-electron chi connectivity index (χ4n) is 1.38. The van der Waals surface area contributed by atoms with Gasteiger partial charge in [-0.1, -0.05) is 28.1 Å². The molecule has 0 spiro atoms. The van der Waals surface area contributed by atoms with Gasteiger partial charge in [-0.25, -0.2) is 4.98 Å². The first-order valence-electron chi connectivity index (χ1n) is 4.80. The summed E-state index contributed by atoms with van der Waals surface area (Å²) in [5.74, 6) is 0. The molecular weight excluding hydrogens is 284 g/mol. The number of halogens is 1. The van der Waals surface area contributed by atoms with Crippen LogP contribution in [0.25, 0.3) is 10.6 Å². The van der Waals surface area contributed by atoms with E-state index in [-0.39, 0.29) is 0 Å². The topological polar surface area (TPSA) is 36.7 Å². The highest BCUT2D eigenvalue weighted by molar-refractivity contribution is 9.10. The summed E-state index contributed by atoms with van der Waals surface area (Å²) in [5.41, 5.74) is 2.06. The van der Waals surface area contributed by atoms with Gasteiger partial charge in [0.2, 0.25) is 0 Å². The summed E-state index contributed by atoms with van der Waals surface area (Å²) >= 11 is 5.00. The second-order valence-electron chi connectivity index (χ2n) is 3.37. The Morgan fingerprint density at radius 2 is 2.06 bits per heavy atom. The number of aromatic nitrogens is 1. The molecule has 0 saturated carbocycles. The van der Waals surface area contributed by atoms with Gasteiger partial charge in [-0.3, -0.25) is 0 Å². The highest BCUT2D eigenvalue weighted by Crippen LogP contribution is 2.28. The van der Waals surface area contributed by atoms with Crippen molar-refractivity contribution in [1.82, 2.24) is 4.98 Å². The maximum absolute atomic E-state index is 8.68. The van der Waals surface area contributed by atoms with Crippen molar-refractivity contribution in [3.05, 3.63) is 39.3 Å². The Morgan fingerprint density at radius 1 is 1.38 bits per heavy atom. The molecule has 0 aliphatic heterocycles.